The minimum absolute atomic E-state index is 0.524. The van der Waals surface area contributed by atoms with E-state index in [1.54, 1.807) is 31.5 Å². The second kappa shape index (κ2) is 5.05. The van der Waals surface area contributed by atoms with Crippen LogP contribution in [0.3, 0.4) is 0 Å². The van der Waals surface area contributed by atoms with Crippen molar-refractivity contribution in [2.45, 2.75) is 0 Å². The lowest BCUT2D eigenvalue weighted by Gasteiger charge is -2.10. The van der Waals surface area contributed by atoms with Crippen LogP contribution in [0.15, 0.2) is 48.7 Å². The standard InChI is InChI=1S/C15H13N3O2/c1-19-14-7-6-10(8-12(14)16)20-15-9-17-18-13-5-3-2-4-11(13)15/h2-9H,16H2,1H3. The van der Waals surface area contributed by atoms with Gasteiger partial charge in [0.25, 0.3) is 0 Å². The molecule has 1 aromatic heterocycles. The van der Waals surface area contributed by atoms with Crippen LogP contribution in [-0.4, -0.2) is 17.3 Å². The Balaban J connectivity index is 1.99. The number of anilines is 1. The second-order valence-corrected chi connectivity index (χ2v) is 4.23. The summed E-state index contributed by atoms with van der Waals surface area (Å²) >= 11 is 0. The quantitative estimate of drug-likeness (QED) is 0.739. The Labute approximate surface area is 116 Å². The molecule has 0 fully saturated rings. The number of ether oxygens (including phenoxy) is 2. The van der Waals surface area contributed by atoms with Crippen LogP contribution in [0, 0.1) is 0 Å². The molecule has 100 valence electrons. The molecule has 3 aromatic rings. The van der Waals surface area contributed by atoms with E-state index < -0.39 is 0 Å². The van der Waals surface area contributed by atoms with Gasteiger partial charge in [-0.15, -0.1) is 0 Å². The Kier molecular flexibility index (Phi) is 3.09. The number of nitrogens with two attached hydrogens (primary N) is 1. The Bertz CT molecular complexity index is 754. The van der Waals surface area contributed by atoms with Gasteiger partial charge < -0.3 is 15.2 Å². The third-order valence-corrected chi connectivity index (χ3v) is 2.94. The molecule has 0 aliphatic heterocycles. The highest BCUT2D eigenvalue weighted by Gasteiger charge is 2.06. The van der Waals surface area contributed by atoms with Crippen LogP contribution in [0.25, 0.3) is 10.9 Å². The Morgan fingerprint density at radius 1 is 1.05 bits per heavy atom. The molecule has 3 rings (SSSR count). The van der Waals surface area contributed by atoms with Crippen molar-refractivity contribution in [1.82, 2.24) is 10.2 Å². The van der Waals surface area contributed by atoms with Gasteiger partial charge in [-0.2, -0.15) is 10.2 Å². The molecule has 0 atom stereocenters. The number of hydrogen-bond donors (Lipinski definition) is 1. The molecule has 0 spiro atoms. The van der Waals surface area contributed by atoms with Crippen LogP contribution < -0.4 is 15.2 Å². The number of aromatic nitrogens is 2. The molecular weight excluding hydrogens is 254 g/mol. The van der Waals surface area contributed by atoms with E-state index >= 15 is 0 Å². The predicted octanol–water partition coefficient (Wildman–Crippen LogP) is 3.01. The zero-order chi connectivity index (χ0) is 13.9. The Morgan fingerprint density at radius 3 is 2.70 bits per heavy atom. The first-order chi connectivity index (χ1) is 9.78. The summed E-state index contributed by atoms with van der Waals surface area (Å²) in [7, 11) is 1.58. The summed E-state index contributed by atoms with van der Waals surface area (Å²) in [5.74, 6) is 1.89. The van der Waals surface area contributed by atoms with Crippen molar-refractivity contribution >= 4 is 16.6 Å². The molecule has 0 aliphatic rings. The molecule has 0 radical (unpaired) electrons. The summed E-state index contributed by atoms with van der Waals surface area (Å²) in [5.41, 5.74) is 7.17. The molecule has 0 saturated heterocycles. The molecule has 20 heavy (non-hydrogen) atoms. The maximum absolute atomic E-state index is 5.87. The third-order valence-electron chi connectivity index (χ3n) is 2.94. The summed E-state index contributed by atoms with van der Waals surface area (Å²) in [4.78, 5) is 0. The average Bonchev–Trinajstić information content (AvgIpc) is 2.48. The van der Waals surface area contributed by atoms with Crippen molar-refractivity contribution in [1.29, 1.82) is 0 Å². The van der Waals surface area contributed by atoms with Crippen LogP contribution in [0.5, 0.6) is 17.2 Å². The lowest BCUT2D eigenvalue weighted by atomic mass is 10.2. The van der Waals surface area contributed by atoms with E-state index in [1.165, 1.54) is 0 Å². The van der Waals surface area contributed by atoms with Crippen molar-refractivity contribution in [2.24, 2.45) is 0 Å². The van der Waals surface area contributed by atoms with Gasteiger partial charge in [-0.25, -0.2) is 0 Å². The topological polar surface area (TPSA) is 70.3 Å². The molecule has 0 amide bonds. The van der Waals surface area contributed by atoms with Crippen LogP contribution in [0.1, 0.15) is 0 Å². The number of rotatable bonds is 3. The van der Waals surface area contributed by atoms with Crippen LogP contribution >= 0.6 is 0 Å². The van der Waals surface area contributed by atoms with Crippen molar-refractivity contribution in [3.63, 3.8) is 0 Å². The molecule has 0 bridgehead atoms. The third kappa shape index (κ3) is 2.21. The van der Waals surface area contributed by atoms with Crippen LogP contribution in [0.4, 0.5) is 5.69 Å². The number of benzene rings is 2. The highest BCUT2D eigenvalue weighted by atomic mass is 16.5. The van der Waals surface area contributed by atoms with Gasteiger partial charge in [0.2, 0.25) is 0 Å². The average molecular weight is 267 g/mol. The van der Waals surface area contributed by atoms with Crippen molar-refractivity contribution in [3.8, 4) is 17.2 Å². The fraction of sp³-hybridized carbons (Fsp3) is 0.0667. The van der Waals surface area contributed by atoms with Crippen molar-refractivity contribution < 1.29 is 9.47 Å². The smallest absolute Gasteiger partial charge is 0.156 e. The van der Waals surface area contributed by atoms with Gasteiger partial charge in [0.1, 0.15) is 11.5 Å². The zero-order valence-electron chi connectivity index (χ0n) is 10.9. The fourth-order valence-corrected chi connectivity index (χ4v) is 1.97. The maximum Gasteiger partial charge on any atom is 0.156 e. The summed E-state index contributed by atoms with van der Waals surface area (Å²) in [6, 6.07) is 12.9. The summed E-state index contributed by atoms with van der Waals surface area (Å²) in [6.45, 7) is 0. The molecule has 5 nitrogen and oxygen atoms in total. The molecule has 2 aromatic carbocycles. The van der Waals surface area contributed by atoms with E-state index in [-0.39, 0.29) is 0 Å². The number of nitrogens with zero attached hydrogens (tertiary/aromatic N) is 2. The van der Waals surface area contributed by atoms with Gasteiger partial charge in [0, 0.05) is 11.5 Å². The number of fused-ring (bicyclic) bond motifs is 1. The Morgan fingerprint density at radius 2 is 1.90 bits per heavy atom. The summed E-state index contributed by atoms with van der Waals surface area (Å²) in [6.07, 6.45) is 1.59. The normalized spacial score (nSPS) is 10.4. The lowest BCUT2D eigenvalue weighted by molar-refractivity contribution is 0.415. The van der Waals surface area contributed by atoms with E-state index in [1.807, 2.05) is 24.3 Å². The van der Waals surface area contributed by atoms with Crippen LogP contribution in [0.2, 0.25) is 0 Å². The second-order valence-electron chi connectivity index (χ2n) is 4.23. The molecule has 0 saturated carbocycles. The minimum Gasteiger partial charge on any atom is -0.495 e. The molecule has 0 unspecified atom stereocenters. The fourth-order valence-electron chi connectivity index (χ4n) is 1.97. The van der Waals surface area contributed by atoms with Gasteiger partial charge in [0.05, 0.1) is 24.5 Å². The van der Waals surface area contributed by atoms with E-state index in [2.05, 4.69) is 10.2 Å². The monoisotopic (exact) mass is 267 g/mol. The van der Waals surface area contributed by atoms with E-state index in [0.717, 1.165) is 10.9 Å². The SMILES string of the molecule is COc1ccc(Oc2cnnc3ccccc23)cc1N. The van der Waals surface area contributed by atoms with Gasteiger partial charge in [0.15, 0.2) is 5.75 Å². The molecule has 0 aliphatic carbocycles. The Hall–Kier alpha value is -2.82. The first-order valence-electron chi connectivity index (χ1n) is 6.10. The van der Waals surface area contributed by atoms with Crippen LogP contribution in [-0.2, 0) is 0 Å². The van der Waals surface area contributed by atoms with Gasteiger partial charge in [-0.1, -0.05) is 12.1 Å². The van der Waals surface area contributed by atoms with Crippen molar-refractivity contribution in [2.75, 3.05) is 12.8 Å². The van der Waals surface area contributed by atoms with Gasteiger partial charge in [-0.05, 0) is 24.3 Å². The first-order valence-corrected chi connectivity index (χ1v) is 6.10. The van der Waals surface area contributed by atoms with Crippen molar-refractivity contribution in [3.05, 3.63) is 48.7 Å². The number of methoxy groups -OCH3 is 1. The number of nitrogen functional groups attached to an aromatic ring is 1. The summed E-state index contributed by atoms with van der Waals surface area (Å²) < 4.78 is 11.0. The number of hydrogen-bond acceptors (Lipinski definition) is 5. The highest BCUT2D eigenvalue weighted by molar-refractivity contribution is 5.84. The maximum atomic E-state index is 5.87. The van der Waals surface area contributed by atoms with Gasteiger partial charge in [-0.3, -0.25) is 0 Å². The van der Waals surface area contributed by atoms with E-state index in [4.69, 9.17) is 15.2 Å². The minimum atomic E-state index is 0.524. The van der Waals surface area contributed by atoms with E-state index in [0.29, 0.717) is 22.9 Å². The molecular formula is C15H13N3O2. The largest absolute Gasteiger partial charge is 0.495 e. The van der Waals surface area contributed by atoms with Gasteiger partial charge >= 0.3 is 0 Å². The highest BCUT2D eigenvalue weighted by Crippen LogP contribution is 2.31. The van der Waals surface area contributed by atoms with E-state index in [9.17, 15) is 0 Å². The summed E-state index contributed by atoms with van der Waals surface area (Å²) in [5, 5.41) is 8.89. The predicted molar refractivity (Wildman–Crippen MR) is 77.0 cm³/mol. The first kappa shape index (κ1) is 12.2. The zero-order valence-corrected chi connectivity index (χ0v) is 10.9. The lowest BCUT2D eigenvalue weighted by Crippen LogP contribution is -1.94. The molecule has 5 heteroatoms. The molecule has 2 N–H and O–H groups in total. The molecule has 1 heterocycles.